The average Bonchev–Trinajstić information content (AvgIpc) is 2.90. The van der Waals surface area contributed by atoms with E-state index in [1.165, 1.54) is 0 Å². The highest BCUT2D eigenvalue weighted by Gasteiger charge is 2.03. The second-order valence-electron chi connectivity index (χ2n) is 4.20. The summed E-state index contributed by atoms with van der Waals surface area (Å²) in [5.41, 5.74) is 1.95. The Labute approximate surface area is 111 Å². The first-order chi connectivity index (χ1) is 9.28. The molecule has 100 valence electrons. The molecule has 2 rings (SSSR count). The first-order valence-electron chi connectivity index (χ1n) is 6.15. The van der Waals surface area contributed by atoms with Crippen LogP contribution in [-0.4, -0.2) is 27.9 Å². The molecule has 19 heavy (non-hydrogen) atoms. The van der Waals surface area contributed by atoms with E-state index in [0.717, 1.165) is 17.8 Å². The number of nitrogens with zero attached hydrogens (tertiary/aromatic N) is 3. The van der Waals surface area contributed by atoms with Crippen LogP contribution in [-0.2, 0) is 17.9 Å². The number of hydrogen-bond donors (Lipinski definition) is 2. The molecule has 6 nitrogen and oxygen atoms in total. The van der Waals surface area contributed by atoms with Gasteiger partial charge in [0.2, 0.25) is 5.91 Å². The molecule has 0 aliphatic carbocycles. The van der Waals surface area contributed by atoms with Crippen molar-refractivity contribution in [2.75, 3.05) is 12.4 Å². The van der Waals surface area contributed by atoms with E-state index in [1.807, 2.05) is 31.3 Å². The SMILES string of the molecule is CNCc1cccc(NC(=O)CCn2ccnn2)c1. The van der Waals surface area contributed by atoms with E-state index in [-0.39, 0.29) is 5.91 Å². The second-order valence-corrected chi connectivity index (χ2v) is 4.20. The molecule has 2 N–H and O–H groups in total. The molecule has 0 atom stereocenters. The van der Waals surface area contributed by atoms with E-state index in [4.69, 9.17) is 0 Å². The van der Waals surface area contributed by atoms with Crippen LogP contribution in [0.3, 0.4) is 0 Å². The summed E-state index contributed by atoms with van der Waals surface area (Å²) in [6.45, 7) is 1.31. The third kappa shape index (κ3) is 4.18. The van der Waals surface area contributed by atoms with Crippen LogP contribution in [0, 0.1) is 0 Å². The molecule has 1 heterocycles. The van der Waals surface area contributed by atoms with Gasteiger partial charge in [0.25, 0.3) is 0 Å². The molecule has 1 aromatic heterocycles. The smallest absolute Gasteiger partial charge is 0.226 e. The molecule has 1 aromatic carbocycles. The number of hydrogen-bond acceptors (Lipinski definition) is 4. The van der Waals surface area contributed by atoms with Crippen LogP contribution in [0.15, 0.2) is 36.7 Å². The van der Waals surface area contributed by atoms with Crippen molar-refractivity contribution in [3.8, 4) is 0 Å². The van der Waals surface area contributed by atoms with Gasteiger partial charge in [0, 0.05) is 24.8 Å². The van der Waals surface area contributed by atoms with Crippen molar-refractivity contribution >= 4 is 11.6 Å². The van der Waals surface area contributed by atoms with E-state index < -0.39 is 0 Å². The number of anilines is 1. The van der Waals surface area contributed by atoms with Gasteiger partial charge in [-0.15, -0.1) is 5.10 Å². The maximum atomic E-state index is 11.8. The molecule has 0 saturated heterocycles. The molecule has 0 saturated carbocycles. The largest absolute Gasteiger partial charge is 0.326 e. The summed E-state index contributed by atoms with van der Waals surface area (Å²) in [5, 5.41) is 13.5. The van der Waals surface area contributed by atoms with Crippen molar-refractivity contribution in [3.63, 3.8) is 0 Å². The maximum Gasteiger partial charge on any atom is 0.226 e. The fraction of sp³-hybridized carbons (Fsp3) is 0.308. The van der Waals surface area contributed by atoms with Gasteiger partial charge < -0.3 is 10.6 Å². The number of carbonyl (C=O) groups is 1. The number of aromatic nitrogens is 3. The predicted octanol–water partition coefficient (Wildman–Crippen LogP) is 1.03. The van der Waals surface area contributed by atoms with Crippen molar-refractivity contribution in [3.05, 3.63) is 42.2 Å². The molecule has 0 unspecified atom stereocenters. The van der Waals surface area contributed by atoms with Crippen LogP contribution in [0.5, 0.6) is 0 Å². The van der Waals surface area contributed by atoms with E-state index in [9.17, 15) is 4.79 Å². The van der Waals surface area contributed by atoms with Crippen LogP contribution in [0.2, 0.25) is 0 Å². The molecule has 0 aliphatic rings. The highest BCUT2D eigenvalue weighted by Crippen LogP contribution is 2.10. The minimum Gasteiger partial charge on any atom is -0.326 e. The standard InChI is InChI=1S/C13H17N5O/c1-14-10-11-3-2-4-12(9-11)16-13(19)5-7-18-8-6-15-17-18/h2-4,6,8-9,14H,5,7,10H2,1H3,(H,16,19). The molecule has 2 aromatic rings. The van der Waals surface area contributed by atoms with Gasteiger partial charge >= 0.3 is 0 Å². The Balaban J connectivity index is 1.86. The zero-order valence-electron chi connectivity index (χ0n) is 10.8. The van der Waals surface area contributed by atoms with Gasteiger partial charge in [0.05, 0.1) is 12.7 Å². The van der Waals surface area contributed by atoms with Crippen molar-refractivity contribution < 1.29 is 4.79 Å². The Morgan fingerprint density at radius 2 is 2.32 bits per heavy atom. The Hall–Kier alpha value is -2.21. The number of nitrogens with one attached hydrogen (secondary N) is 2. The Kier molecular flexibility index (Phi) is 4.63. The third-order valence-electron chi connectivity index (χ3n) is 2.63. The van der Waals surface area contributed by atoms with Gasteiger partial charge in [-0.1, -0.05) is 17.3 Å². The van der Waals surface area contributed by atoms with Gasteiger partial charge in [-0.25, -0.2) is 0 Å². The molecule has 6 heteroatoms. The van der Waals surface area contributed by atoms with E-state index in [1.54, 1.807) is 17.1 Å². The summed E-state index contributed by atoms with van der Waals surface area (Å²) >= 11 is 0. The maximum absolute atomic E-state index is 11.8. The molecule has 0 aliphatic heterocycles. The van der Waals surface area contributed by atoms with Gasteiger partial charge in [-0.3, -0.25) is 9.48 Å². The molecule has 1 amide bonds. The Bertz CT molecular complexity index is 524. The molecular weight excluding hydrogens is 242 g/mol. The van der Waals surface area contributed by atoms with E-state index in [2.05, 4.69) is 20.9 Å². The van der Waals surface area contributed by atoms with Crippen molar-refractivity contribution in [2.24, 2.45) is 0 Å². The topological polar surface area (TPSA) is 71.8 Å². The number of benzene rings is 1. The molecule has 0 radical (unpaired) electrons. The Morgan fingerprint density at radius 3 is 3.05 bits per heavy atom. The summed E-state index contributed by atoms with van der Waals surface area (Å²) in [6, 6.07) is 7.79. The Morgan fingerprint density at radius 1 is 1.42 bits per heavy atom. The van der Waals surface area contributed by atoms with Gasteiger partial charge in [-0.05, 0) is 24.7 Å². The molecule has 0 bridgehead atoms. The minimum absolute atomic E-state index is 0.0305. The summed E-state index contributed by atoms with van der Waals surface area (Å²) in [5.74, 6) is -0.0305. The fourth-order valence-electron chi connectivity index (χ4n) is 1.75. The molecule has 0 fully saturated rings. The first kappa shape index (κ1) is 13.2. The zero-order valence-corrected chi connectivity index (χ0v) is 10.8. The van der Waals surface area contributed by atoms with Crippen LogP contribution < -0.4 is 10.6 Å². The normalized spacial score (nSPS) is 10.4. The highest BCUT2D eigenvalue weighted by atomic mass is 16.1. The highest BCUT2D eigenvalue weighted by molar-refractivity contribution is 5.90. The zero-order chi connectivity index (χ0) is 13.5. The number of rotatable bonds is 6. The summed E-state index contributed by atoms with van der Waals surface area (Å²) in [4.78, 5) is 11.8. The van der Waals surface area contributed by atoms with Crippen LogP contribution >= 0.6 is 0 Å². The second kappa shape index (κ2) is 6.65. The third-order valence-corrected chi connectivity index (χ3v) is 2.63. The lowest BCUT2D eigenvalue weighted by Gasteiger charge is -2.07. The average molecular weight is 259 g/mol. The summed E-state index contributed by atoms with van der Waals surface area (Å²) in [7, 11) is 1.89. The first-order valence-corrected chi connectivity index (χ1v) is 6.15. The van der Waals surface area contributed by atoms with Crippen LogP contribution in [0.25, 0.3) is 0 Å². The number of carbonyl (C=O) groups excluding carboxylic acids is 1. The van der Waals surface area contributed by atoms with Gasteiger partial charge in [0.1, 0.15) is 0 Å². The van der Waals surface area contributed by atoms with Crippen molar-refractivity contribution in [1.29, 1.82) is 0 Å². The van der Waals surface area contributed by atoms with Gasteiger partial charge in [-0.2, -0.15) is 0 Å². The lowest BCUT2D eigenvalue weighted by Crippen LogP contribution is -2.15. The quantitative estimate of drug-likeness (QED) is 0.812. The lowest BCUT2D eigenvalue weighted by atomic mass is 10.2. The van der Waals surface area contributed by atoms with Crippen LogP contribution in [0.1, 0.15) is 12.0 Å². The minimum atomic E-state index is -0.0305. The molecular formula is C13H17N5O. The lowest BCUT2D eigenvalue weighted by molar-refractivity contribution is -0.116. The monoisotopic (exact) mass is 259 g/mol. The van der Waals surface area contributed by atoms with E-state index >= 15 is 0 Å². The predicted molar refractivity (Wildman–Crippen MR) is 72.5 cm³/mol. The van der Waals surface area contributed by atoms with Crippen molar-refractivity contribution in [1.82, 2.24) is 20.3 Å². The van der Waals surface area contributed by atoms with E-state index in [0.29, 0.717) is 13.0 Å². The fourth-order valence-corrected chi connectivity index (χ4v) is 1.75. The number of aryl methyl sites for hydroxylation is 1. The van der Waals surface area contributed by atoms with Crippen molar-refractivity contribution in [2.45, 2.75) is 19.5 Å². The van der Waals surface area contributed by atoms with Gasteiger partial charge in [0.15, 0.2) is 0 Å². The number of amides is 1. The molecule has 0 spiro atoms. The summed E-state index contributed by atoms with van der Waals surface area (Å²) < 4.78 is 1.64. The summed E-state index contributed by atoms with van der Waals surface area (Å²) in [6.07, 6.45) is 3.71. The van der Waals surface area contributed by atoms with Crippen LogP contribution in [0.4, 0.5) is 5.69 Å².